The minimum absolute atomic E-state index is 0.00525. The summed E-state index contributed by atoms with van der Waals surface area (Å²) in [7, 11) is 0. The Morgan fingerprint density at radius 2 is 1.95 bits per heavy atom. The van der Waals surface area contributed by atoms with E-state index in [0.717, 1.165) is 5.56 Å². The van der Waals surface area contributed by atoms with Crippen LogP contribution in [0, 0.1) is 5.92 Å². The maximum atomic E-state index is 11.9. The molecular formula is C14H19NO5. The number of carbonyl (C=O) groups excluding carboxylic acids is 1. The number of carbonyl (C=O) groups is 1. The van der Waals surface area contributed by atoms with Crippen LogP contribution in [0.2, 0.25) is 0 Å². The third-order valence-corrected chi connectivity index (χ3v) is 3.44. The van der Waals surface area contributed by atoms with Crippen LogP contribution in [0.4, 0.5) is 4.79 Å². The highest BCUT2D eigenvalue weighted by atomic mass is 16.6. The molecule has 1 saturated heterocycles. The molecule has 3 atom stereocenters. The molecule has 1 aromatic carbocycles. The fourth-order valence-electron chi connectivity index (χ4n) is 2.24. The second-order valence-electron chi connectivity index (χ2n) is 4.95. The van der Waals surface area contributed by atoms with E-state index in [1.807, 2.05) is 30.3 Å². The van der Waals surface area contributed by atoms with Crippen LogP contribution in [-0.2, 0) is 11.3 Å². The van der Waals surface area contributed by atoms with Crippen molar-refractivity contribution in [1.82, 2.24) is 4.90 Å². The molecular weight excluding hydrogens is 262 g/mol. The Kier molecular flexibility index (Phi) is 4.94. The lowest BCUT2D eigenvalue weighted by molar-refractivity contribution is -0.0822. The molecule has 20 heavy (non-hydrogen) atoms. The molecule has 110 valence electrons. The lowest BCUT2D eigenvalue weighted by Gasteiger charge is -2.37. The van der Waals surface area contributed by atoms with Gasteiger partial charge in [0, 0.05) is 12.5 Å². The maximum absolute atomic E-state index is 11.9. The van der Waals surface area contributed by atoms with Crippen LogP contribution in [0.5, 0.6) is 0 Å². The zero-order valence-corrected chi connectivity index (χ0v) is 11.1. The largest absolute Gasteiger partial charge is 0.445 e. The second kappa shape index (κ2) is 6.69. The van der Waals surface area contributed by atoms with Gasteiger partial charge < -0.3 is 25.0 Å². The van der Waals surface area contributed by atoms with Gasteiger partial charge in [0.2, 0.25) is 0 Å². The van der Waals surface area contributed by atoms with Crippen molar-refractivity contribution in [2.45, 2.75) is 18.8 Å². The summed E-state index contributed by atoms with van der Waals surface area (Å²) < 4.78 is 5.16. The van der Waals surface area contributed by atoms with Crippen LogP contribution < -0.4 is 0 Å². The molecule has 0 bridgehead atoms. The smallest absolute Gasteiger partial charge is 0.410 e. The van der Waals surface area contributed by atoms with E-state index in [1.54, 1.807) is 0 Å². The number of nitrogens with zero attached hydrogens (tertiary/aromatic N) is 1. The maximum Gasteiger partial charge on any atom is 0.410 e. The highest BCUT2D eigenvalue weighted by molar-refractivity contribution is 5.67. The number of rotatable bonds is 3. The molecule has 0 saturated carbocycles. The summed E-state index contributed by atoms with van der Waals surface area (Å²) in [6.07, 6.45) is -2.64. The van der Waals surface area contributed by atoms with Crippen molar-refractivity contribution >= 4 is 6.09 Å². The van der Waals surface area contributed by atoms with Crippen molar-refractivity contribution in [1.29, 1.82) is 0 Å². The SMILES string of the molecule is O=C(OCc1ccccc1)N1CC(O)C(O)C(CO)C1. The first-order chi connectivity index (χ1) is 9.61. The molecule has 2 rings (SSSR count). The minimum atomic E-state index is -1.06. The fraction of sp³-hybridized carbons (Fsp3) is 0.500. The molecule has 0 spiro atoms. The normalized spacial score (nSPS) is 26.4. The summed E-state index contributed by atoms with van der Waals surface area (Å²) in [5, 5.41) is 28.5. The Morgan fingerprint density at radius 3 is 2.60 bits per heavy atom. The van der Waals surface area contributed by atoms with E-state index >= 15 is 0 Å². The van der Waals surface area contributed by atoms with E-state index in [1.165, 1.54) is 4.90 Å². The van der Waals surface area contributed by atoms with Gasteiger partial charge >= 0.3 is 6.09 Å². The Morgan fingerprint density at radius 1 is 1.25 bits per heavy atom. The second-order valence-corrected chi connectivity index (χ2v) is 4.95. The first-order valence-corrected chi connectivity index (χ1v) is 6.54. The van der Waals surface area contributed by atoms with Gasteiger partial charge in [0.25, 0.3) is 0 Å². The van der Waals surface area contributed by atoms with Crippen molar-refractivity contribution in [3.8, 4) is 0 Å². The molecule has 6 heteroatoms. The number of likely N-dealkylation sites (tertiary alicyclic amines) is 1. The molecule has 1 fully saturated rings. The van der Waals surface area contributed by atoms with E-state index in [9.17, 15) is 15.0 Å². The van der Waals surface area contributed by atoms with Crippen LogP contribution in [0.3, 0.4) is 0 Å². The highest BCUT2D eigenvalue weighted by Crippen LogP contribution is 2.18. The van der Waals surface area contributed by atoms with Gasteiger partial charge in [0.05, 0.1) is 25.4 Å². The Bertz CT molecular complexity index is 438. The van der Waals surface area contributed by atoms with Gasteiger partial charge in [-0.1, -0.05) is 30.3 Å². The van der Waals surface area contributed by atoms with Crippen molar-refractivity contribution in [2.24, 2.45) is 5.92 Å². The van der Waals surface area contributed by atoms with Gasteiger partial charge in [-0.2, -0.15) is 0 Å². The predicted octanol–water partition coefficient (Wildman–Crippen LogP) is -0.0309. The zero-order valence-electron chi connectivity index (χ0n) is 11.1. The number of β-amino-alcohol motifs (C(OH)–C–C–N with tert-alkyl or cyclic N) is 1. The third kappa shape index (κ3) is 3.47. The summed E-state index contributed by atoms with van der Waals surface area (Å²) in [5.74, 6) is -0.553. The molecule has 3 N–H and O–H groups in total. The van der Waals surface area contributed by atoms with E-state index in [4.69, 9.17) is 9.84 Å². The van der Waals surface area contributed by atoms with Crippen molar-refractivity contribution in [2.75, 3.05) is 19.7 Å². The molecule has 6 nitrogen and oxygen atoms in total. The molecule has 0 aliphatic carbocycles. The summed E-state index contributed by atoms with van der Waals surface area (Å²) in [5.41, 5.74) is 0.872. The number of hydrogen-bond donors (Lipinski definition) is 3. The average Bonchev–Trinajstić information content (AvgIpc) is 2.48. The molecule has 3 unspecified atom stereocenters. The minimum Gasteiger partial charge on any atom is -0.445 e. The lowest BCUT2D eigenvalue weighted by atomic mass is 9.93. The van der Waals surface area contributed by atoms with E-state index < -0.39 is 24.2 Å². The molecule has 1 heterocycles. The zero-order chi connectivity index (χ0) is 14.5. The summed E-state index contributed by atoms with van der Waals surface area (Å²) in [4.78, 5) is 13.2. The van der Waals surface area contributed by atoms with E-state index in [0.29, 0.717) is 0 Å². The standard InChI is InChI=1S/C14H19NO5/c16-8-11-6-15(7-12(17)13(11)18)14(19)20-9-10-4-2-1-3-5-10/h1-5,11-13,16-18H,6-9H2. The van der Waals surface area contributed by atoms with Crippen LogP contribution in [0.1, 0.15) is 5.56 Å². The highest BCUT2D eigenvalue weighted by Gasteiger charge is 2.36. The molecule has 1 amide bonds. The number of ether oxygens (including phenoxy) is 1. The van der Waals surface area contributed by atoms with Crippen LogP contribution in [0.25, 0.3) is 0 Å². The summed E-state index contributed by atoms with van der Waals surface area (Å²) in [6, 6.07) is 9.27. The summed E-state index contributed by atoms with van der Waals surface area (Å²) >= 11 is 0. The first kappa shape index (κ1) is 14.8. The van der Waals surface area contributed by atoms with Crippen molar-refractivity contribution < 1.29 is 24.9 Å². The van der Waals surface area contributed by atoms with Gasteiger partial charge in [0.1, 0.15) is 6.61 Å². The molecule has 0 aromatic heterocycles. The lowest BCUT2D eigenvalue weighted by Crippen LogP contribution is -2.55. The fourth-order valence-corrected chi connectivity index (χ4v) is 2.24. The summed E-state index contributed by atoms with van der Waals surface area (Å²) in [6.45, 7) is 0.0347. The van der Waals surface area contributed by atoms with E-state index in [-0.39, 0.29) is 26.3 Å². The number of benzene rings is 1. The van der Waals surface area contributed by atoms with E-state index in [2.05, 4.69) is 0 Å². The van der Waals surface area contributed by atoms with Crippen LogP contribution in [0.15, 0.2) is 30.3 Å². The van der Waals surface area contributed by atoms with Crippen LogP contribution >= 0.6 is 0 Å². The molecule has 1 aromatic rings. The number of amides is 1. The number of piperidine rings is 1. The van der Waals surface area contributed by atoms with Crippen molar-refractivity contribution in [3.63, 3.8) is 0 Å². The molecule has 1 aliphatic rings. The molecule has 0 radical (unpaired) electrons. The monoisotopic (exact) mass is 281 g/mol. The average molecular weight is 281 g/mol. The topological polar surface area (TPSA) is 90.2 Å². The quantitative estimate of drug-likeness (QED) is 0.724. The third-order valence-electron chi connectivity index (χ3n) is 3.44. The number of hydrogen-bond acceptors (Lipinski definition) is 5. The molecule has 1 aliphatic heterocycles. The Labute approximate surface area is 117 Å². The Hall–Kier alpha value is -1.63. The number of aliphatic hydroxyl groups is 3. The van der Waals surface area contributed by atoms with Gasteiger partial charge in [-0.05, 0) is 5.56 Å². The van der Waals surface area contributed by atoms with Gasteiger partial charge in [-0.15, -0.1) is 0 Å². The first-order valence-electron chi connectivity index (χ1n) is 6.54. The van der Waals surface area contributed by atoms with Crippen LogP contribution in [-0.4, -0.2) is 58.2 Å². The van der Waals surface area contributed by atoms with Gasteiger partial charge in [0.15, 0.2) is 0 Å². The Balaban J connectivity index is 1.89. The van der Waals surface area contributed by atoms with Gasteiger partial charge in [-0.25, -0.2) is 4.79 Å². The van der Waals surface area contributed by atoms with Crippen molar-refractivity contribution in [3.05, 3.63) is 35.9 Å². The van der Waals surface area contributed by atoms with Gasteiger partial charge in [-0.3, -0.25) is 0 Å². The predicted molar refractivity (Wildman–Crippen MR) is 70.8 cm³/mol. The number of aliphatic hydroxyl groups excluding tert-OH is 3.